The summed E-state index contributed by atoms with van der Waals surface area (Å²) in [6.07, 6.45) is 1.22. The van der Waals surface area contributed by atoms with Crippen molar-refractivity contribution in [2.45, 2.75) is 17.0 Å². The first kappa shape index (κ1) is 16.8. The first-order valence-electron chi connectivity index (χ1n) is 5.46. The number of hydrogen-bond acceptors (Lipinski definition) is 4. The van der Waals surface area contributed by atoms with E-state index in [4.69, 9.17) is 9.47 Å². The number of alkyl halides is 1. The second-order valence-electron chi connectivity index (χ2n) is 4.17. The molecule has 2 unspecified atom stereocenters. The zero-order valence-corrected chi connectivity index (χ0v) is 15.1. The smallest absolute Gasteiger partial charge is 0.161 e. The molecule has 1 aromatic carbocycles. The second kappa shape index (κ2) is 6.45. The minimum absolute atomic E-state index is 0.336. The molecule has 4 nitrogen and oxygen atoms in total. The summed E-state index contributed by atoms with van der Waals surface area (Å²) in [7, 11) is -0.0513. The van der Waals surface area contributed by atoms with Crippen molar-refractivity contribution < 1.29 is 17.9 Å². The lowest BCUT2D eigenvalue weighted by Gasteiger charge is -2.20. The Hall–Kier alpha value is -0.270. The van der Waals surface area contributed by atoms with Gasteiger partial charge in [-0.3, -0.25) is 0 Å². The summed E-state index contributed by atoms with van der Waals surface area (Å²) in [5, 5.41) is -0.554. The van der Waals surface area contributed by atoms with Gasteiger partial charge in [-0.15, -0.1) is 0 Å². The highest BCUT2D eigenvalue weighted by atomic mass is 79.9. The van der Waals surface area contributed by atoms with Gasteiger partial charge in [0.05, 0.1) is 24.3 Å². The summed E-state index contributed by atoms with van der Waals surface area (Å²) in [5.74, 6) is 1.15. The molecular formula is C12H16Br2O4S. The van der Waals surface area contributed by atoms with Crippen molar-refractivity contribution in [2.75, 3.05) is 20.5 Å². The average molecular weight is 416 g/mol. The number of rotatable bonds is 5. The van der Waals surface area contributed by atoms with E-state index >= 15 is 0 Å². The van der Waals surface area contributed by atoms with E-state index in [0.29, 0.717) is 11.5 Å². The number of methoxy groups -OCH3 is 2. The van der Waals surface area contributed by atoms with Crippen molar-refractivity contribution in [3.05, 3.63) is 22.2 Å². The van der Waals surface area contributed by atoms with E-state index in [1.54, 1.807) is 33.3 Å². The minimum atomic E-state index is -3.14. The second-order valence-corrected chi connectivity index (χ2v) is 8.41. The van der Waals surface area contributed by atoms with Gasteiger partial charge in [-0.2, -0.15) is 0 Å². The van der Waals surface area contributed by atoms with Gasteiger partial charge in [-0.1, -0.05) is 31.9 Å². The minimum Gasteiger partial charge on any atom is -0.493 e. The van der Waals surface area contributed by atoms with E-state index < -0.39 is 15.1 Å². The van der Waals surface area contributed by atoms with Crippen LogP contribution in [-0.2, 0) is 9.84 Å². The van der Waals surface area contributed by atoms with Crippen LogP contribution in [0, 0.1) is 0 Å². The van der Waals surface area contributed by atoms with Gasteiger partial charge in [0.1, 0.15) is 0 Å². The van der Waals surface area contributed by atoms with Crippen LogP contribution in [0.3, 0.4) is 0 Å². The molecule has 0 saturated carbocycles. The fourth-order valence-electron chi connectivity index (χ4n) is 1.55. The van der Waals surface area contributed by atoms with Crippen LogP contribution in [0.15, 0.2) is 16.6 Å². The van der Waals surface area contributed by atoms with Gasteiger partial charge in [0.2, 0.25) is 0 Å². The van der Waals surface area contributed by atoms with Crippen molar-refractivity contribution in [1.29, 1.82) is 0 Å². The summed E-state index contributed by atoms with van der Waals surface area (Å²) in [5.41, 5.74) is 0.801. The van der Waals surface area contributed by atoms with Gasteiger partial charge in [-0.25, -0.2) is 8.42 Å². The van der Waals surface area contributed by atoms with E-state index in [9.17, 15) is 8.42 Å². The summed E-state index contributed by atoms with van der Waals surface area (Å²) in [4.78, 5) is -0.336. The zero-order chi connectivity index (χ0) is 14.8. The molecule has 1 rings (SSSR count). The van der Waals surface area contributed by atoms with Crippen molar-refractivity contribution in [3.8, 4) is 11.5 Å². The SMILES string of the molecule is COc1cc(Br)c(C(Br)C(C)S(C)(=O)=O)cc1OC. The molecule has 0 heterocycles. The predicted molar refractivity (Wildman–Crippen MR) is 83.2 cm³/mol. The first-order valence-corrected chi connectivity index (χ1v) is 9.13. The Kier molecular flexibility index (Phi) is 5.70. The molecule has 7 heteroatoms. The lowest BCUT2D eigenvalue weighted by Crippen LogP contribution is -2.21. The number of benzene rings is 1. The van der Waals surface area contributed by atoms with Crippen LogP contribution in [0.4, 0.5) is 0 Å². The molecule has 0 aliphatic heterocycles. The van der Waals surface area contributed by atoms with Gasteiger partial charge in [0.15, 0.2) is 21.3 Å². The van der Waals surface area contributed by atoms with Gasteiger partial charge >= 0.3 is 0 Å². The summed E-state index contributed by atoms with van der Waals surface area (Å²) >= 11 is 6.87. The fourth-order valence-corrected chi connectivity index (χ4v) is 4.56. The molecule has 0 N–H and O–H groups in total. The van der Waals surface area contributed by atoms with Crippen molar-refractivity contribution in [3.63, 3.8) is 0 Å². The number of hydrogen-bond donors (Lipinski definition) is 0. The van der Waals surface area contributed by atoms with Crippen LogP contribution in [0.5, 0.6) is 11.5 Å². The number of halogens is 2. The molecular weight excluding hydrogens is 400 g/mol. The Morgan fingerprint density at radius 3 is 2.05 bits per heavy atom. The largest absolute Gasteiger partial charge is 0.493 e. The van der Waals surface area contributed by atoms with Gasteiger partial charge in [0, 0.05) is 10.7 Å². The molecule has 19 heavy (non-hydrogen) atoms. The van der Waals surface area contributed by atoms with Crippen LogP contribution in [0.2, 0.25) is 0 Å². The third-order valence-corrected chi connectivity index (χ3v) is 6.83. The number of sulfone groups is 1. The lowest BCUT2D eigenvalue weighted by molar-refractivity contribution is 0.354. The lowest BCUT2D eigenvalue weighted by atomic mass is 10.1. The molecule has 108 valence electrons. The van der Waals surface area contributed by atoms with Crippen LogP contribution in [0.25, 0.3) is 0 Å². The predicted octanol–water partition coefficient (Wildman–Crippen LogP) is 3.34. The quantitative estimate of drug-likeness (QED) is 0.692. The van der Waals surface area contributed by atoms with Crippen molar-refractivity contribution in [2.24, 2.45) is 0 Å². The Morgan fingerprint density at radius 1 is 1.16 bits per heavy atom. The first-order chi connectivity index (χ1) is 8.72. The normalized spacial score (nSPS) is 14.8. The van der Waals surface area contributed by atoms with Crippen LogP contribution in [0.1, 0.15) is 17.3 Å². The number of ether oxygens (including phenoxy) is 2. The van der Waals surface area contributed by atoms with E-state index in [-0.39, 0.29) is 4.83 Å². The molecule has 0 radical (unpaired) electrons. The molecule has 0 aromatic heterocycles. The Morgan fingerprint density at radius 2 is 1.63 bits per heavy atom. The Labute approximate surface area is 130 Å². The summed E-state index contributed by atoms with van der Waals surface area (Å²) in [6, 6.07) is 3.53. The highest BCUT2D eigenvalue weighted by molar-refractivity contribution is 9.11. The Balaban J connectivity index is 3.28. The maximum Gasteiger partial charge on any atom is 0.161 e. The fraction of sp³-hybridized carbons (Fsp3) is 0.500. The van der Waals surface area contributed by atoms with Gasteiger partial charge in [-0.05, 0) is 24.6 Å². The third-order valence-electron chi connectivity index (χ3n) is 2.89. The standard InChI is InChI=1S/C12H16Br2O4S/c1-7(19(4,15)16)12(14)8-5-10(17-2)11(18-3)6-9(8)13/h5-7,12H,1-4H3. The van der Waals surface area contributed by atoms with Crippen molar-refractivity contribution >= 4 is 41.7 Å². The molecule has 2 atom stereocenters. The van der Waals surface area contributed by atoms with E-state index in [2.05, 4.69) is 31.9 Å². The molecule has 0 saturated heterocycles. The average Bonchev–Trinajstić information content (AvgIpc) is 2.35. The maximum atomic E-state index is 11.6. The summed E-state index contributed by atoms with van der Waals surface area (Å²) < 4.78 is 34.5. The topological polar surface area (TPSA) is 52.6 Å². The monoisotopic (exact) mass is 414 g/mol. The van der Waals surface area contributed by atoms with Crippen molar-refractivity contribution in [1.82, 2.24) is 0 Å². The zero-order valence-electron chi connectivity index (χ0n) is 11.1. The van der Waals surface area contributed by atoms with E-state index in [1.165, 1.54) is 6.26 Å². The third kappa shape index (κ3) is 3.86. The molecule has 0 bridgehead atoms. The molecule has 0 aliphatic rings. The molecule has 0 aliphatic carbocycles. The van der Waals surface area contributed by atoms with E-state index in [1.807, 2.05) is 0 Å². The molecule has 1 aromatic rings. The highest BCUT2D eigenvalue weighted by Gasteiger charge is 2.27. The molecule has 0 spiro atoms. The van der Waals surface area contributed by atoms with Crippen LogP contribution >= 0.6 is 31.9 Å². The maximum absolute atomic E-state index is 11.6. The molecule has 0 amide bonds. The van der Waals surface area contributed by atoms with Crippen LogP contribution in [-0.4, -0.2) is 34.1 Å². The molecule has 0 fully saturated rings. The van der Waals surface area contributed by atoms with Gasteiger partial charge < -0.3 is 9.47 Å². The summed E-state index contributed by atoms with van der Waals surface area (Å²) in [6.45, 7) is 1.66. The highest BCUT2D eigenvalue weighted by Crippen LogP contribution is 2.41. The Bertz CT molecular complexity index is 557. The van der Waals surface area contributed by atoms with Gasteiger partial charge in [0.25, 0.3) is 0 Å². The van der Waals surface area contributed by atoms with Crippen LogP contribution < -0.4 is 9.47 Å². The van der Waals surface area contributed by atoms with E-state index in [0.717, 1.165) is 10.0 Å².